The van der Waals surface area contributed by atoms with E-state index in [4.69, 9.17) is 0 Å². The third-order valence-corrected chi connectivity index (χ3v) is 4.56. The van der Waals surface area contributed by atoms with Crippen molar-refractivity contribution in [1.82, 2.24) is 24.8 Å². The molecule has 0 saturated carbocycles. The van der Waals surface area contributed by atoms with Gasteiger partial charge in [-0.05, 0) is 25.1 Å². The van der Waals surface area contributed by atoms with Gasteiger partial charge in [-0.1, -0.05) is 23.4 Å². The van der Waals surface area contributed by atoms with Crippen molar-refractivity contribution < 1.29 is 22.8 Å². The largest absolute Gasteiger partial charge is 0.410 e. The van der Waals surface area contributed by atoms with Crippen LogP contribution in [0.3, 0.4) is 0 Å². The standard InChI is InChI=1S/C18H18F3N5O2/c1-3-16(27)24-8-9-25(15(11-24)18(19,20)21)17(28)13-10-12(2)4-5-14(13)26-7-6-22-23-26/h3-7,10,15H,1,8-9,11H2,2H3. The maximum Gasteiger partial charge on any atom is 0.410 e. The predicted molar refractivity (Wildman–Crippen MR) is 93.8 cm³/mol. The zero-order valence-electron chi connectivity index (χ0n) is 15.1. The molecule has 2 aromatic rings. The fraction of sp³-hybridized carbons (Fsp3) is 0.333. The van der Waals surface area contributed by atoms with E-state index in [1.165, 1.54) is 23.1 Å². The Morgan fingerprint density at radius 2 is 2.04 bits per heavy atom. The zero-order valence-corrected chi connectivity index (χ0v) is 15.1. The summed E-state index contributed by atoms with van der Waals surface area (Å²) in [7, 11) is 0. The van der Waals surface area contributed by atoms with Gasteiger partial charge in [-0.3, -0.25) is 9.59 Å². The van der Waals surface area contributed by atoms with Gasteiger partial charge in [0.05, 0.1) is 30.2 Å². The number of aryl methyl sites for hydroxylation is 1. The van der Waals surface area contributed by atoms with Crippen LogP contribution in [0.2, 0.25) is 0 Å². The summed E-state index contributed by atoms with van der Waals surface area (Å²) in [5.74, 6) is -1.37. The van der Waals surface area contributed by atoms with E-state index in [9.17, 15) is 22.8 Å². The molecule has 1 aromatic carbocycles. The highest BCUT2D eigenvalue weighted by Gasteiger charge is 2.49. The summed E-state index contributed by atoms with van der Waals surface area (Å²) in [6, 6.07) is 2.75. The van der Waals surface area contributed by atoms with Crippen LogP contribution in [0.15, 0.2) is 43.2 Å². The molecule has 0 aliphatic carbocycles. The lowest BCUT2D eigenvalue weighted by atomic mass is 10.0. The minimum Gasteiger partial charge on any atom is -0.335 e. The molecule has 1 saturated heterocycles. The molecule has 10 heteroatoms. The van der Waals surface area contributed by atoms with Crippen molar-refractivity contribution in [2.45, 2.75) is 19.1 Å². The first-order valence-electron chi connectivity index (χ1n) is 8.48. The molecule has 7 nitrogen and oxygen atoms in total. The van der Waals surface area contributed by atoms with Crippen LogP contribution in [-0.4, -0.2) is 68.5 Å². The molecule has 1 aromatic heterocycles. The number of carbonyl (C=O) groups is 2. The number of benzene rings is 1. The molecule has 0 radical (unpaired) electrons. The van der Waals surface area contributed by atoms with E-state index < -0.39 is 30.6 Å². The van der Waals surface area contributed by atoms with E-state index >= 15 is 0 Å². The summed E-state index contributed by atoms with van der Waals surface area (Å²) in [6.45, 7) is 4.16. The molecule has 28 heavy (non-hydrogen) atoms. The number of hydrogen-bond acceptors (Lipinski definition) is 4. The fourth-order valence-corrected chi connectivity index (χ4v) is 3.15. The van der Waals surface area contributed by atoms with Gasteiger partial charge in [0.25, 0.3) is 5.91 Å². The van der Waals surface area contributed by atoms with Crippen molar-refractivity contribution in [2.75, 3.05) is 19.6 Å². The van der Waals surface area contributed by atoms with E-state index in [2.05, 4.69) is 16.9 Å². The van der Waals surface area contributed by atoms with Gasteiger partial charge in [0.15, 0.2) is 0 Å². The highest BCUT2D eigenvalue weighted by Crippen LogP contribution is 2.30. The summed E-state index contributed by atoms with van der Waals surface area (Å²) in [4.78, 5) is 26.7. The summed E-state index contributed by atoms with van der Waals surface area (Å²) >= 11 is 0. The van der Waals surface area contributed by atoms with Crippen LogP contribution in [0.25, 0.3) is 5.69 Å². The number of piperazine rings is 1. The third-order valence-electron chi connectivity index (χ3n) is 4.56. The molecule has 1 fully saturated rings. The van der Waals surface area contributed by atoms with Gasteiger partial charge in [0, 0.05) is 13.1 Å². The quantitative estimate of drug-likeness (QED) is 0.748. The highest BCUT2D eigenvalue weighted by atomic mass is 19.4. The molecular weight excluding hydrogens is 375 g/mol. The number of amides is 2. The molecule has 1 atom stereocenters. The van der Waals surface area contributed by atoms with Crippen molar-refractivity contribution in [2.24, 2.45) is 0 Å². The van der Waals surface area contributed by atoms with Crippen molar-refractivity contribution in [3.8, 4) is 5.69 Å². The Labute approximate surface area is 159 Å². The summed E-state index contributed by atoms with van der Waals surface area (Å²) < 4.78 is 42.4. The Morgan fingerprint density at radius 3 is 2.64 bits per heavy atom. The molecule has 1 aliphatic rings. The smallest absolute Gasteiger partial charge is 0.335 e. The Kier molecular flexibility index (Phi) is 5.21. The first-order valence-corrected chi connectivity index (χ1v) is 8.48. The van der Waals surface area contributed by atoms with Crippen LogP contribution in [0.1, 0.15) is 15.9 Å². The predicted octanol–water partition coefficient (Wildman–Crippen LogP) is 1.98. The molecular formula is C18H18F3N5O2. The van der Waals surface area contributed by atoms with Crippen molar-refractivity contribution in [3.05, 3.63) is 54.4 Å². The first kappa shape index (κ1) is 19.6. The lowest BCUT2D eigenvalue weighted by Gasteiger charge is -2.41. The second kappa shape index (κ2) is 7.45. The number of hydrogen-bond donors (Lipinski definition) is 0. The topological polar surface area (TPSA) is 71.3 Å². The Morgan fingerprint density at radius 1 is 1.29 bits per heavy atom. The second-order valence-electron chi connectivity index (χ2n) is 6.41. The Bertz CT molecular complexity index is 895. The summed E-state index contributed by atoms with van der Waals surface area (Å²) in [5, 5.41) is 7.51. The van der Waals surface area contributed by atoms with Crippen molar-refractivity contribution in [3.63, 3.8) is 0 Å². The van der Waals surface area contributed by atoms with Crippen LogP contribution in [-0.2, 0) is 4.79 Å². The number of rotatable bonds is 3. The lowest BCUT2D eigenvalue weighted by molar-refractivity contribution is -0.189. The molecule has 1 unspecified atom stereocenters. The van der Waals surface area contributed by atoms with Gasteiger partial charge < -0.3 is 9.80 Å². The van der Waals surface area contributed by atoms with E-state index in [1.54, 1.807) is 19.1 Å². The zero-order chi connectivity index (χ0) is 20.5. The number of nitrogens with zero attached hydrogens (tertiary/aromatic N) is 5. The minimum absolute atomic E-state index is 0.00630. The van der Waals surface area contributed by atoms with E-state index in [-0.39, 0.29) is 18.7 Å². The molecule has 0 bridgehead atoms. The average molecular weight is 393 g/mol. The SMILES string of the molecule is C=CC(=O)N1CCN(C(=O)c2cc(C)ccc2-n2ccnn2)C(C(F)(F)F)C1. The van der Waals surface area contributed by atoms with Crippen LogP contribution < -0.4 is 0 Å². The second-order valence-corrected chi connectivity index (χ2v) is 6.41. The number of aromatic nitrogens is 3. The number of alkyl halides is 3. The minimum atomic E-state index is -4.69. The summed E-state index contributed by atoms with van der Waals surface area (Å²) in [5.41, 5.74) is 1.14. The van der Waals surface area contributed by atoms with Crippen molar-refractivity contribution >= 4 is 11.8 Å². The van der Waals surface area contributed by atoms with Gasteiger partial charge in [-0.2, -0.15) is 13.2 Å². The fourth-order valence-electron chi connectivity index (χ4n) is 3.15. The number of halogens is 3. The number of carbonyl (C=O) groups excluding carboxylic acids is 2. The normalized spacial score (nSPS) is 17.5. The monoisotopic (exact) mass is 393 g/mol. The van der Waals surface area contributed by atoms with Crippen LogP contribution in [0.5, 0.6) is 0 Å². The van der Waals surface area contributed by atoms with Gasteiger partial charge in [-0.15, -0.1) is 5.10 Å². The van der Waals surface area contributed by atoms with Crippen LogP contribution in [0.4, 0.5) is 13.2 Å². The Hall–Kier alpha value is -3.17. The third kappa shape index (κ3) is 3.75. The van der Waals surface area contributed by atoms with Crippen molar-refractivity contribution in [1.29, 1.82) is 0 Å². The van der Waals surface area contributed by atoms with Gasteiger partial charge >= 0.3 is 6.18 Å². The molecule has 0 N–H and O–H groups in total. The first-order chi connectivity index (χ1) is 13.2. The van der Waals surface area contributed by atoms with E-state index in [1.807, 2.05) is 0 Å². The van der Waals surface area contributed by atoms with E-state index in [0.717, 1.165) is 21.4 Å². The summed E-state index contributed by atoms with van der Waals surface area (Å²) in [6.07, 6.45) is -0.809. The molecule has 2 amide bonds. The van der Waals surface area contributed by atoms with Gasteiger partial charge in [-0.25, -0.2) is 4.68 Å². The molecule has 148 valence electrons. The molecule has 3 rings (SSSR count). The lowest BCUT2D eigenvalue weighted by Crippen LogP contribution is -2.61. The Balaban J connectivity index is 1.98. The van der Waals surface area contributed by atoms with Gasteiger partial charge in [0.2, 0.25) is 5.91 Å². The van der Waals surface area contributed by atoms with Crippen LogP contribution in [0, 0.1) is 6.92 Å². The van der Waals surface area contributed by atoms with E-state index in [0.29, 0.717) is 5.69 Å². The van der Waals surface area contributed by atoms with Crippen LogP contribution >= 0.6 is 0 Å². The average Bonchev–Trinajstić information content (AvgIpc) is 3.20. The van der Waals surface area contributed by atoms with Gasteiger partial charge in [0.1, 0.15) is 6.04 Å². The highest BCUT2D eigenvalue weighted by molar-refractivity contribution is 5.98. The molecule has 1 aliphatic heterocycles. The molecule has 2 heterocycles. The maximum absolute atomic E-state index is 13.7. The molecule has 0 spiro atoms. The maximum atomic E-state index is 13.7.